The van der Waals surface area contributed by atoms with Crippen LogP contribution in [0.2, 0.25) is 0 Å². The molecule has 0 heterocycles. The van der Waals surface area contributed by atoms with Crippen molar-refractivity contribution in [1.82, 2.24) is 0 Å². The molecule has 0 N–H and O–H groups in total. The fourth-order valence-electron chi connectivity index (χ4n) is 1.57. The van der Waals surface area contributed by atoms with Crippen molar-refractivity contribution in [3.05, 3.63) is 34.3 Å². The van der Waals surface area contributed by atoms with Crippen LogP contribution in [0.15, 0.2) is 22.7 Å². The molecule has 1 radical (unpaired) electrons. The summed E-state index contributed by atoms with van der Waals surface area (Å²) in [4.78, 5) is 0. The maximum absolute atomic E-state index is 3.44. The molecule has 0 spiro atoms. The molecule has 1 atom stereocenters. The Kier molecular flexibility index (Phi) is 2.22. The minimum absolute atomic E-state index is 0.697. The van der Waals surface area contributed by atoms with E-state index in [9.17, 15) is 0 Å². The summed E-state index contributed by atoms with van der Waals surface area (Å²) in [5.74, 6) is 1.62. The van der Waals surface area contributed by atoms with Crippen molar-refractivity contribution in [2.45, 2.75) is 25.7 Å². The Morgan fingerprint density at radius 2 is 2.25 bits per heavy atom. The molecule has 0 aliphatic heterocycles. The van der Waals surface area contributed by atoms with Crippen molar-refractivity contribution < 1.29 is 0 Å². The normalized spacial score (nSPS) is 19.2. The second-order valence-corrected chi connectivity index (χ2v) is 4.43. The first-order valence-corrected chi connectivity index (χ1v) is 5.24. The molecule has 1 aromatic carbocycles. The molecule has 1 aliphatic rings. The van der Waals surface area contributed by atoms with Crippen LogP contribution in [0.25, 0.3) is 0 Å². The van der Waals surface area contributed by atoms with Crippen molar-refractivity contribution >= 4 is 15.9 Å². The number of hydrogen-bond donors (Lipinski definition) is 0. The summed E-state index contributed by atoms with van der Waals surface area (Å²) in [6, 6.07) is 9.64. The third kappa shape index (κ3) is 1.71. The first-order valence-electron chi connectivity index (χ1n) is 4.45. The van der Waals surface area contributed by atoms with Crippen molar-refractivity contribution in [3.63, 3.8) is 0 Å². The Morgan fingerprint density at radius 3 is 2.83 bits per heavy atom. The van der Waals surface area contributed by atoms with E-state index in [1.54, 1.807) is 0 Å². The van der Waals surface area contributed by atoms with Gasteiger partial charge in [0.15, 0.2) is 0 Å². The Balaban J connectivity index is 2.20. The zero-order chi connectivity index (χ0) is 8.55. The third-order valence-corrected chi connectivity index (χ3v) is 3.06. The summed E-state index contributed by atoms with van der Waals surface area (Å²) < 4.78 is 1.08. The summed E-state index contributed by atoms with van der Waals surface area (Å²) in [5.41, 5.74) is 1.35. The molecular weight excluding hydrogens is 212 g/mol. The maximum atomic E-state index is 3.44. The highest BCUT2D eigenvalue weighted by Gasteiger charge is 2.28. The molecule has 0 amide bonds. The van der Waals surface area contributed by atoms with Crippen molar-refractivity contribution in [2.75, 3.05) is 0 Å². The second kappa shape index (κ2) is 3.21. The summed E-state index contributed by atoms with van der Waals surface area (Å²) in [5, 5.41) is 0. The Bertz CT molecular complexity index is 276. The predicted octanol–water partition coefficient (Wildman–Crippen LogP) is 3.76. The topological polar surface area (TPSA) is 0 Å². The molecule has 1 heteroatoms. The van der Waals surface area contributed by atoms with Gasteiger partial charge in [-0.2, -0.15) is 0 Å². The van der Waals surface area contributed by atoms with Crippen molar-refractivity contribution in [3.8, 4) is 0 Å². The fraction of sp³-hybridized carbons (Fsp3) is 0.455. The molecule has 0 unspecified atom stereocenters. The predicted molar refractivity (Wildman–Crippen MR) is 54.1 cm³/mol. The molecule has 1 saturated carbocycles. The van der Waals surface area contributed by atoms with Crippen molar-refractivity contribution in [1.29, 1.82) is 0 Å². The molecule has 1 fully saturated rings. The molecule has 0 nitrogen and oxygen atoms in total. The molecular formula is C11H12Br. The molecule has 12 heavy (non-hydrogen) atoms. The van der Waals surface area contributed by atoms with E-state index in [0.29, 0.717) is 5.92 Å². The summed E-state index contributed by atoms with van der Waals surface area (Å²) >= 11 is 3.44. The van der Waals surface area contributed by atoms with Gasteiger partial charge < -0.3 is 0 Å². The van der Waals surface area contributed by atoms with E-state index in [2.05, 4.69) is 41.1 Å². The van der Waals surface area contributed by atoms with Gasteiger partial charge in [-0.05, 0) is 36.3 Å². The number of halogens is 1. The van der Waals surface area contributed by atoms with Gasteiger partial charge in [0.05, 0.1) is 0 Å². The molecule has 63 valence electrons. The second-order valence-electron chi connectivity index (χ2n) is 3.58. The monoisotopic (exact) mass is 223 g/mol. The Labute approximate surface area is 82.1 Å². The molecule has 1 aromatic rings. The van der Waals surface area contributed by atoms with Crippen molar-refractivity contribution in [2.24, 2.45) is 5.92 Å². The lowest BCUT2D eigenvalue weighted by Crippen LogP contribution is -1.95. The first-order chi connectivity index (χ1) is 5.77. The molecule has 0 saturated heterocycles. The van der Waals surface area contributed by atoms with Gasteiger partial charge in [-0.3, -0.25) is 0 Å². The summed E-state index contributed by atoms with van der Waals surface area (Å²) in [7, 11) is 0. The maximum Gasteiger partial charge on any atom is 0.0257 e. The van der Waals surface area contributed by atoms with Crippen LogP contribution in [0.1, 0.15) is 31.2 Å². The van der Waals surface area contributed by atoms with Gasteiger partial charge in [0.1, 0.15) is 0 Å². The molecule has 2 rings (SSSR count). The number of hydrogen-bond acceptors (Lipinski definition) is 0. The van der Waals surface area contributed by atoms with Crippen LogP contribution in [0.4, 0.5) is 0 Å². The number of benzene rings is 1. The third-order valence-electron chi connectivity index (χ3n) is 2.60. The lowest BCUT2D eigenvalue weighted by Gasteiger charge is -2.09. The highest BCUT2D eigenvalue weighted by molar-refractivity contribution is 9.10. The average molecular weight is 224 g/mol. The summed E-state index contributed by atoms with van der Waals surface area (Å²) in [6.07, 6.45) is 2.81. The van der Waals surface area contributed by atoms with Crippen LogP contribution < -0.4 is 0 Å². The standard InChI is InChI=1S/C11H12Br/c1-8(9-5-6-9)10-3-2-4-11(12)7-10/h2-4,8-9H,5-6H2,1H3/t8-/m1/s1. The lowest BCUT2D eigenvalue weighted by atomic mass is 9.97. The van der Waals surface area contributed by atoms with E-state index < -0.39 is 0 Å². The smallest absolute Gasteiger partial charge is 0.0257 e. The molecule has 1 aliphatic carbocycles. The van der Waals surface area contributed by atoms with Crippen LogP contribution >= 0.6 is 15.9 Å². The Morgan fingerprint density at radius 1 is 1.50 bits per heavy atom. The van der Waals surface area contributed by atoms with Gasteiger partial charge in [-0.15, -0.1) is 0 Å². The van der Waals surface area contributed by atoms with E-state index in [1.807, 2.05) is 6.07 Å². The lowest BCUT2D eigenvalue weighted by molar-refractivity contribution is 0.663. The largest absolute Gasteiger partial charge is 0.0608 e. The van der Waals surface area contributed by atoms with Crippen LogP contribution in [-0.2, 0) is 0 Å². The van der Waals surface area contributed by atoms with E-state index in [0.717, 1.165) is 10.4 Å². The van der Waals surface area contributed by atoms with Gasteiger partial charge in [0.25, 0.3) is 0 Å². The van der Waals surface area contributed by atoms with Gasteiger partial charge in [0.2, 0.25) is 0 Å². The van der Waals surface area contributed by atoms with Crippen LogP contribution in [0.3, 0.4) is 0 Å². The average Bonchev–Trinajstić information content (AvgIpc) is 2.85. The van der Waals surface area contributed by atoms with Gasteiger partial charge in [-0.1, -0.05) is 35.0 Å². The molecule has 0 bridgehead atoms. The van der Waals surface area contributed by atoms with Gasteiger partial charge in [0, 0.05) is 10.5 Å². The fourth-order valence-corrected chi connectivity index (χ4v) is 1.95. The van der Waals surface area contributed by atoms with Crippen LogP contribution in [0, 0.1) is 12.0 Å². The van der Waals surface area contributed by atoms with Crippen LogP contribution in [0.5, 0.6) is 0 Å². The quantitative estimate of drug-likeness (QED) is 0.717. The minimum atomic E-state index is 0.697. The Hall–Kier alpha value is -0.300. The van der Waals surface area contributed by atoms with E-state index in [4.69, 9.17) is 0 Å². The van der Waals surface area contributed by atoms with E-state index in [1.165, 1.54) is 18.4 Å². The van der Waals surface area contributed by atoms with Crippen LogP contribution in [-0.4, -0.2) is 0 Å². The van der Waals surface area contributed by atoms with E-state index in [-0.39, 0.29) is 0 Å². The highest BCUT2D eigenvalue weighted by atomic mass is 79.9. The number of rotatable bonds is 2. The molecule has 0 aromatic heterocycles. The summed E-state index contributed by atoms with van der Waals surface area (Å²) in [6.45, 7) is 2.30. The minimum Gasteiger partial charge on any atom is -0.0608 e. The van der Waals surface area contributed by atoms with Gasteiger partial charge >= 0.3 is 0 Å². The SMILES string of the molecule is C[C@@H](c1[c]c(Br)ccc1)C1CC1. The van der Waals surface area contributed by atoms with Gasteiger partial charge in [-0.25, -0.2) is 0 Å². The first kappa shape index (κ1) is 8.31. The zero-order valence-electron chi connectivity index (χ0n) is 7.18. The van der Waals surface area contributed by atoms with E-state index >= 15 is 0 Å². The highest BCUT2D eigenvalue weighted by Crippen LogP contribution is 2.42. The zero-order valence-corrected chi connectivity index (χ0v) is 8.76.